The molecule has 15 bridgehead atoms. The Morgan fingerprint density at radius 1 is 0.636 bits per heavy atom. The van der Waals surface area contributed by atoms with Crippen molar-refractivity contribution in [1.82, 2.24) is 42.5 Å². The van der Waals surface area contributed by atoms with Crippen molar-refractivity contribution < 1.29 is 117 Å². The summed E-state index contributed by atoms with van der Waals surface area (Å²) in [5.74, 6) is -16.6. The second-order valence-corrected chi connectivity index (χ2v) is 33.8. The van der Waals surface area contributed by atoms with Gasteiger partial charge in [0.05, 0.1) is 28.4 Å². The molecular formula is C87H98Cl2N8O24. The van der Waals surface area contributed by atoms with Crippen LogP contribution in [0.25, 0.3) is 11.1 Å². The van der Waals surface area contributed by atoms with Crippen molar-refractivity contribution in [3.63, 3.8) is 0 Å². The molecule has 6 aromatic carbocycles. The Morgan fingerprint density at radius 2 is 1.28 bits per heavy atom. The van der Waals surface area contributed by atoms with E-state index in [4.69, 9.17) is 56.4 Å². The number of benzene rings is 6. The number of nitrogens with one attached hydrogen (secondary N) is 8. The fourth-order valence-electron chi connectivity index (χ4n) is 18.4. The van der Waals surface area contributed by atoms with Gasteiger partial charge in [-0.1, -0.05) is 62.2 Å². The molecule has 14 atom stereocenters. The zero-order chi connectivity index (χ0) is 86.1. The molecule has 0 aromatic heterocycles. The van der Waals surface area contributed by atoms with E-state index < -0.39 is 197 Å². The van der Waals surface area contributed by atoms with Crippen molar-refractivity contribution >= 4 is 82.1 Å². The minimum Gasteiger partial charge on any atom is -0.508 e. The van der Waals surface area contributed by atoms with E-state index in [1.807, 2.05) is 13.8 Å². The number of hydrogen-bond acceptors (Lipinski definition) is 26. The SMILES string of the molecule is CC[C@H](CC(C)C)C(=O)N[C@H]1C(=O)C[C@@H](CC(=O)NC(=O)c2ccc(OCCNC)c(OCCNC)c2)C(=O)N[C@H]2C(=O)C[C@H]3C(=O)N[C@H](C(=O)N[C@H](C(=O)CC4C5CC6CC(C5)CC4C6)c4cc(O)cc(O)c4-c4cc3ccc4O)[C@H](O)c3ccc(c(Cl)c3)Oc3cc2cc(c3O[C@@H]2O[C@@H]3CNC(=O)O[C@H]3[C@H](O)[C@H]2O)Oc2ccc(cc2Cl)[C@H]1O. The summed E-state index contributed by atoms with van der Waals surface area (Å²) in [5, 5.41) is 106. The number of imide groups is 1. The molecule has 2 saturated heterocycles. The number of phenols is 3. The Hall–Kier alpha value is -10.7. The van der Waals surface area contributed by atoms with Gasteiger partial charge in [-0.25, -0.2) is 4.79 Å². The Labute approximate surface area is 705 Å². The van der Waals surface area contributed by atoms with E-state index in [0.29, 0.717) is 31.3 Å². The van der Waals surface area contributed by atoms with Crippen LogP contribution in [0, 0.1) is 47.3 Å². The number of aromatic hydroxyl groups is 3. The number of ether oxygens (including phenoxy) is 7. The molecule has 6 aromatic rings. The lowest BCUT2D eigenvalue weighted by atomic mass is 9.51. The molecule has 11 aliphatic rings. The maximum Gasteiger partial charge on any atom is 0.407 e. The van der Waals surface area contributed by atoms with E-state index >= 15 is 28.8 Å². The number of hydrogen-bond donors (Lipinski definition) is 15. The first-order chi connectivity index (χ1) is 57.9. The molecule has 34 heteroatoms. The predicted molar refractivity (Wildman–Crippen MR) is 433 cm³/mol. The second kappa shape index (κ2) is 36.9. The Bertz CT molecular complexity index is 5000. The number of phenolic OH excluding ortho intramolecular Hbond substituents is 3. The van der Waals surface area contributed by atoms with Crippen molar-refractivity contribution in [3.8, 4) is 68.6 Å². The molecule has 7 heterocycles. The molecule has 0 radical (unpaired) electrons. The van der Waals surface area contributed by atoms with E-state index in [-0.39, 0.29) is 134 Å². The molecule has 121 heavy (non-hydrogen) atoms. The third-order valence-electron chi connectivity index (χ3n) is 24.3. The monoisotopic (exact) mass is 1710 g/mol. The van der Waals surface area contributed by atoms with Gasteiger partial charge in [-0.15, -0.1) is 0 Å². The average Bonchev–Trinajstić information content (AvgIpc) is 0.762. The lowest BCUT2D eigenvalue weighted by molar-refractivity contribution is -0.275. The average molecular weight is 1710 g/mol. The van der Waals surface area contributed by atoms with Gasteiger partial charge in [-0.05, 0) is 195 Å². The van der Waals surface area contributed by atoms with Gasteiger partial charge < -0.3 is 106 Å². The van der Waals surface area contributed by atoms with E-state index in [9.17, 15) is 54.9 Å². The van der Waals surface area contributed by atoms with Crippen LogP contribution in [-0.2, 0) is 47.8 Å². The number of carbonyl (C=O) groups is 10. The third-order valence-corrected chi connectivity index (χ3v) is 24.9. The van der Waals surface area contributed by atoms with Crippen LogP contribution in [0.5, 0.6) is 57.5 Å². The summed E-state index contributed by atoms with van der Waals surface area (Å²) in [5.41, 5.74) is -1.71. The molecule has 15 N–H and O–H groups in total. The maximum atomic E-state index is 16.7. The predicted octanol–water partition coefficient (Wildman–Crippen LogP) is 7.65. The highest BCUT2D eigenvalue weighted by atomic mass is 35.5. The normalized spacial score (nSPS) is 27.7. The van der Waals surface area contributed by atoms with Crippen LogP contribution in [0.4, 0.5) is 4.79 Å². The number of aliphatic hydroxyl groups is 4. The number of ketones is 3. The molecule has 4 aliphatic carbocycles. The summed E-state index contributed by atoms with van der Waals surface area (Å²) in [6.07, 6.45) is -11.7. The molecule has 0 spiro atoms. The number of likely N-dealkylation sites (N-methyl/N-ethyl adjacent to an activating group) is 2. The number of rotatable bonds is 21. The van der Waals surface area contributed by atoms with Gasteiger partial charge >= 0.3 is 6.09 Å². The molecule has 4 saturated carbocycles. The number of carbonyl (C=O) groups excluding carboxylic acids is 10. The van der Waals surface area contributed by atoms with Crippen molar-refractivity contribution in [1.29, 1.82) is 0 Å². The summed E-state index contributed by atoms with van der Waals surface area (Å²) in [6.45, 7) is 6.35. The summed E-state index contributed by atoms with van der Waals surface area (Å²) >= 11 is 14.4. The van der Waals surface area contributed by atoms with Gasteiger partial charge in [0.1, 0.15) is 96.6 Å². The van der Waals surface area contributed by atoms with Crippen molar-refractivity contribution in [2.24, 2.45) is 47.3 Å². The Balaban J connectivity index is 0.943. The number of halogens is 2. The molecule has 32 nitrogen and oxygen atoms in total. The van der Waals surface area contributed by atoms with Crippen LogP contribution in [0.2, 0.25) is 10.0 Å². The second-order valence-electron chi connectivity index (χ2n) is 33.0. The molecule has 7 aliphatic heterocycles. The zero-order valence-electron chi connectivity index (χ0n) is 66.9. The van der Waals surface area contributed by atoms with Crippen molar-refractivity contribution in [2.45, 2.75) is 164 Å². The standard InChI is InChI=1S/C87H98Cl2N8O24/c1-6-41(19-38(2)3)81(109)96-73-59(101)28-49(32-69(104)93-82(110)45-10-14-64(115-17-15-90-4)65(29-45)116-18-16-91-5)83(111)94-71-48-30-66(117-62-12-8-43(75(73)105)26-55(62)88)79(120-86-78(108)77(107)80-68(119-86)37-92-87(114)121-80)67(31-48)118-63-13-9-44(27-56(63)89)76(106)74-85(113)95-72(61(103)35-51-46-21-39-20-40(23-46)24-47(51)22-39)54-33-50(98)34-58(100)70(54)53-25-42(7-11-57(53)99)52(36-60(71)102)84(112)97-74/h7-14,25-27,29-31,33-34,38-41,46-47,49,51-52,68,71-78,80,86,90-91,98-100,105-108H,6,15-24,28,32,35-37H2,1-5H3,(H,92,114)(H,94,111)(H,95,113)(H,96,109)(H,97,112)(H,93,104,110)/t39?,40?,41-,46?,47?,49+,51?,52-,68-,71-,72+,73+,74+,75-,76-,77-,78-,80-,86+/m1/s1. The molecule has 0 unspecified atom stereocenters. The summed E-state index contributed by atoms with van der Waals surface area (Å²) in [6, 6.07) is 11.4. The first kappa shape index (κ1) is 86.7. The van der Waals surface area contributed by atoms with Gasteiger partial charge in [-0.2, -0.15) is 0 Å². The number of amides is 7. The van der Waals surface area contributed by atoms with Gasteiger partial charge in [0, 0.05) is 67.4 Å². The quantitative estimate of drug-likeness (QED) is 0.0307. The van der Waals surface area contributed by atoms with Crippen LogP contribution in [0.15, 0.2) is 97.1 Å². The Morgan fingerprint density at radius 3 is 1.92 bits per heavy atom. The fraction of sp³-hybridized carbons (Fsp3) is 0.471. The molecular weight excluding hydrogens is 1610 g/mol. The van der Waals surface area contributed by atoms with Crippen LogP contribution >= 0.6 is 23.2 Å². The van der Waals surface area contributed by atoms with Crippen LogP contribution in [0.1, 0.15) is 160 Å². The summed E-state index contributed by atoms with van der Waals surface area (Å²) < 4.78 is 43.5. The van der Waals surface area contributed by atoms with Gasteiger partial charge in [-0.3, -0.25) is 48.5 Å². The van der Waals surface area contributed by atoms with E-state index in [1.165, 1.54) is 66.7 Å². The fourth-order valence-corrected chi connectivity index (χ4v) is 18.8. The lowest BCUT2D eigenvalue weighted by Gasteiger charge is -2.54. The number of fused-ring (bicyclic) bond motifs is 16. The highest BCUT2D eigenvalue weighted by molar-refractivity contribution is 6.32. The zero-order valence-corrected chi connectivity index (χ0v) is 68.4. The highest BCUT2D eigenvalue weighted by Gasteiger charge is 2.53. The van der Waals surface area contributed by atoms with Crippen LogP contribution < -0.4 is 66.2 Å². The first-order valence-corrected chi connectivity index (χ1v) is 41.5. The lowest BCUT2D eigenvalue weighted by Crippen LogP contribution is -2.65. The van der Waals surface area contributed by atoms with Crippen molar-refractivity contribution in [2.75, 3.05) is 46.9 Å². The molecule has 6 fully saturated rings. The number of aliphatic hydroxyl groups excluding tert-OH is 4. The minimum atomic E-state index is -2.23. The largest absolute Gasteiger partial charge is 0.508 e. The molecule has 7 amide bonds. The van der Waals surface area contributed by atoms with Gasteiger partial charge in [0.25, 0.3) is 5.91 Å². The molecule has 17 rings (SSSR count). The minimum absolute atomic E-state index is 0.0471. The summed E-state index contributed by atoms with van der Waals surface area (Å²) in [4.78, 5) is 152. The van der Waals surface area contributed by atoms with Crippen molar-refractivity contribution in [3.05, 3.63) is 140 Å². The maximum absolute atomic E-state index is 16.7. The molecule has 644 valence electrons. The van der Waals surface area contributed by atoms with E-state index in [2.05, 4.69) is 42.5 Å². The van der Waals surface area contributed by atoms with Gasteiger partial charge in [0.2, 0.25) is 41.6 Å². The van der Waals surface area contributed by atoms with E-state index in [1.54, 1.807) is 21.0 Å². The summed E-state index contributed by atoms with van der Waals surface area (Å²) in [7, 11) is 3.43. The van der Waals surface area contributed by atoms with Gasteiger partial charge in [0.15, 0.2) is 46.5 Å². The first-order valence-electron chi connectivity index (χ1n) is 40.8. The third kappa shape index (κ3) is 18.9. The van der Waals surface area contributed by atoms with Crippen LogP contribution in [-0.4, -0.2) is 184 Å². The van der Waals surface area contributed by atoms with E-state index in [0.717, 1.165) is 62.4 Å². The topological polar surface area (TPSA) is 473 Å². The van der Waals surface area contributed by atoms with Crippen LogP contribution in [0.3, 0.4) is 0 Å². The smallest absolute Gasteiger partial charge is 0.407 e. The highest BCUT2D eigenvalue weighted by Crippen LogP contribution is 2.58. The number of Topliss-reactive ketones (excluding diaryl/α,β-unsaturated/α-hetero) is 3. The Kier molecular flexibility index (Phi) is 26.5. The number of alkyl carbamates (subject to hydrolysis) is 1.